The number of thioether (sulfide) groups is 1. The van der Waals surface area contributed by atoms with Crippen LogP contribution in [0.3, 0.4) is 0 Å². The highest BCUT2D eigenvalue weighted by Gasteiger charge is 2.36. The molecule has 5 heteroatoms. The van der Waals surface area contributed by atoms with Crippen LogP contribution in [-0.2, 0) is 0 Å². The minimum atomic E-state index is 0.429. The minimum absolute atomic E-state index is 0.429. The van der Waals surface area contributed by atoms with Crippen LogP contribution in [0.1, 0.15) is 6.42 Å². The third-order valence-electron chi connectivity index (χ3n) is 3.64. The van der Waals surface area contributed by atoms with E-state index in [1.165, 1.54) is 17.9 Å². The summed E-state index contributed by atoms with van der Waals surface area (Å²) in [5, 5.41) is 0. The molecule has 2 atom stereocenters. The molecule has 2 heterocycles. The number of nitrogens with two attached hydrogens (primary N) is 1. The molecule has 1 aromatic carbocycles. The quantitative estimate of drug-likeness (QED) is 0.909. The Balaban J connectivity index is 1.92. The van der Waals surface area contributed by atoms with Gasteiger partial charge in [-0.2, -0.15) is 11.8 Å². The number of hydrogen-bond donors (Lipinski definition) is 1. The highest BCUT2D eigenvalue weighted by molar-refractivity contribution is 9.10. The van der Waals surface area contributed by atoms with Gasteiger partial charge in [0.2, 0.25) is 0 Å². The van der Waals surface area contributed by atoms with Gasteiger partial charge in [-0.3, -0.25) is 4.99 Å². The minimum Gasteiger partial charge on any atom is -0.370 e. The predicted molar refractivity (Wildman–Crippen MR) is 82.3 cm³/mol. The maximum absolute atomic E-state index is 6.09. The third-order valence-corrected chi connectivity index (χ3v) is 5.50. The molecule has 0 amide bonds. The summed E-state index contributed by atoms with van der Waals surface area (Å²) >= 11 is 5.65. The Labute approximate surface area is 120 Å². The number of halogens is 1. The van der Waals surface area contributed by atoms with Crippen LogP contribution in [0.15, 0.2) is 33.7 Å². The molecule has 96 valence electrons. The second-order valence-corrected chi connectivity index (χ2v) is 6.72. The van der Waals surface area contributed by atoms with Gasteiger partial charge in [-0.15, -0.1) is 0 Å². The molecule has 2 aliphatic heterocycles. The van der Waals surface area contributed by atoms with Crippen molar-refractivity contribution in [3.8, 4) is 0 Å². The van der Waals surface area contributed by atoms with Crippen molar-refractivity contribution in [2.75, 3.05) is 23.0 Å². The van der Waals surface area contributed by atoms with Gasteiger partial charge in [0, 0.05) is 4.47 Å². The van der Waals surface area contributed by atoms with Crippen molar-refractivity contribution in [1.29, 1.82) is 0 Å². The lowest BCUT2D eigenvalue weighted by molar-refractivity contribution is 0.486. The van der Waals surface area contributed by atoms with E-state index < -0.39 is 0 Å². The summed E-state index contributed by atoms with van der Waals surface area (Å²) in [6.07, 6.45) is 1.28. The van der Waals surface area contributed by atoms with Crippen LogP contribution in [0, 0.1) is 5.92 Å². The Morgan fingerprint density at radius 3 is 2.94 bits per heavy atom. The molecular weight excluding hydrogens is 310 g/mol. The van der Waals surface area contributed by atoms with Gasteiger partial charge in [0.25, 0.3) is 0 Å². The first-order chi connectivity index (χ1) is 8.77. The fourth-order valence-corrected chi connectivity index (χ4v) is 4.48. The van der Waals surface area contributed by atoms with E-state index >= 15 is 0 Å². The first-order valence-electron chi connectivity index (χ1n) is 6.19. The average Bonchev–Trinajstić information content (AvgIpc) is 2.99. The van der Waals surface area contributed by atoms with E-state index in [4.69, 9.17) is 5.73 Å². The number of hydrogen-bond acceptors (Lipinski definition) is 4. The maximum Gasteiger partial charge on any atom is 0.196 e. The molecule has 1 saturated heterocycles. The second kappa shape index (κ2) is 5.13. The van der Waals surface area contributed by atoms with Crippen LogP contribution >= 0.6 is 27.7 Å². The number of anilines is 1. The Morgan fingerprint density at radius 2 is 2.22 bits per heavy atom. The van der Waals surface area contributed by atoms with Crippen molar-refractivity contribution in [1.82, 2.24) is 0 Å². The Hall–Kier alpha value is -0.680. The molecule has 2 aliphatic rings. The van der Waals surface area contributed by atoms with Gasteiger partial charge < -0.3 is 10.6 Å². The lowest BCUT2D eigenvalue weighted by Gasteiger charge is -2.31. The molecule has 1 aromatic rings. The largest absolute Gasteiger partial charge is 0.370 e. The van der Waals surface area contributed by atoms with Crippen molar-refractivity contribution in [3.05, 3.63) is 28.7 Å². The van der Waals surface area contributed by atoms with E-state index in [2.05, 4.69) is 38.0 Å². The third kappa shape index (κ3) is 2.14. The number of para-hydroxylation sites is 1. The molecule has 0 aromatic heterocycles. The highest BCUT2D eigenvalue weighted by Crippen LogP contribution is 2.36. The number of rotatable bonds is 2. The second-order valence-electron chi connectivity index (χ2n) is 4.71. The SMILES string of the molecule is NC1=NCC(C2CCSC2)N1c1ccccc1Br. The summed E-state index contributed by atoms with van der Waals surface area (Å²) in [4.78, 5) is 6.66. The molecular formula is C13H16BrN3S. The number of guanidine groups is 1. The normalized spacial score (nSPS) is 27.6. The highest BCUT2D eigenvalue weighted by atomic mass is 79.9. The molecule has 1 fully saturated rings. The summed E-state index contributed by atoms with van der Waals surface area (Å²) in [5.74, 6) is 3.86. The van der Waals surface area contributed by atoms with E-state index in [0.29, 0.717) is 17.9 Å². The molecule has 0 radical (unpaired) electrons. The Bertz CT molecular complexity index is 471. The predicted octanol–water partition coefficient (Wildman–Crippen LogP) is 2.71. The van der Waals surface area contributed by atoms with Crippen molar-refractivity contribution < 1.29 is 0 Å². The Morgan fingerprint density at radius 1 is 1.39 bits per heavy atom. The maximum atomic E-state index is 6.09. The van der Waals surface area contributed by atoms with E-state index in [1.54, 1.807) is 0 Å². The monoisotopic (exact) mass is 325 g/mol. The topological polar surface area (TPSA) is 41.6 Å². The lowest BCUT2D eigenvalue weighted by Crippen LogP contribution is -2.45. The molecule has 3 rings (SSSR count). The summed E-state index contributed by atoms with van der Waals surface area (Å²) in [6.45, 7) is 0.832. The molecule has 0 saturated carbocycles. The van der Waals surface area contributed by atoms with Crippen molar-refractivity contribution in [2.45, 2.75) is 12.5 Å². The van der Waals surface area contributed by atoms with Crippen LogP contribution in [0.2, 0.25) is 0 Å². The number of benzene rings is 1. The Kier molecular flexibility index (Phi) is 3.52. The van der Waals surface area contributed by atoms with Gasteiger partial charge in [0.1, 0.15) is 0 Å². The summed E-state index contributed by atoms with van der Waals surface area (Å²) < 4.78 is 1.08. The van der Waals surface area contributed by atoms with Crippen LogP contribution in [0.25, 0.3) is 0 Å². The lowest BCUT2D eigenvalue weighted by atomic mass is 9.98. The van der Waals surface area contributed by atoms with Gasteiger partial charge in [0.15, 0.2) is 5.96 Å². The van der Waals surface area contributed by atoms with Crippen LogP contribution in [-0.4, -0.2) is 30.1 Å². The van der Waals surface area contributed by atoms with E-state index in [0.717, 1.165) is 16.7 Å². The molecule has 18 heavy (non-hydrogen) atoms. The average molecular weight is 326 g/mol. The number of aliphatic imine (C=N–C) groups is 1. The van der Waals surface area contributed by atoms with Crippen LogP contribution in [0.4, 0.5) is 5.69 Å². The van der Waals surface area contributed by atoms with E-state index in [1.807, 2.05) is 23.9 Å². The van der Waals surface area contributed by atoms with Gasteiger partial charge in [-0.05, 0) is 51.9 Å². The first-order valence-corrected chi connectivity index (χ1v) is 8.13. The zero-order valence-electron chi connectivity index (χ0n) is 10.1. The molecule has 0 aliphatic carbocycles. The van der Waals surface area contributed by atoms with Gasteiger partial charge in [0.05, 0.1) is 18.3 Å². The van der Waals surface area contributed by atoms with Crippen molar-refractivity contribution >= 4 is 39.3 Å². The molecule has 2 N–H and O–H groups in total. The van der Waals surface area contributed by atoms with Crippen LogP contribution < -0.4 is 10.6 Å². The van der Waals surface area contributed by atoms with Crippen molar-refractivity contribution in [3.63, 3.8) is 0 Å². The van der Waals surface area contributed by atoms with Gasteiger partial charge >= 0.3 is 0 Å². The molecule has 3 nitrogen and oxygen atoms in total. The summed E-state index contributed by atoms with van der Waals surface area (Å²) in [6, 6.07) is 8.66. The van der Waals surface area contributed by atoms with Gasteiger partial charge in [-0.1, -0.05) is 12.1 Å². The molecule has 0 bridgehead atoms. The zero-order chi connectivity index (χ0) is 12.5. The van der Waals surface area contributed by atoms with Crippen molar-refractivity contribution in [2.24, 2.45) is 16.6 Å². The molecule has 0 spiro atoms. The van der Waals surface area contributed by atoms with E-state index in [9.17, 15) is 0 Å². The van der Waals surface area contributed by atoms with Crippen LogP contribution in [0.5, 0.6) is 0 Å². The standard InChI is InChI=1S/C13H16BrN3S/c14-10-3-1-2-4-11(10)17-12(7-16-13(17)15)9-5-6-18-8-9/h1-4,9,12H,5-8H2,(H2,15,16). The molecule has 2 unspecified atom stereocenters. The first kappa shape index (κ1) is 12.4. The smallest absolute Gasteiger partial charge is 0.196 e. The fraction of sp³-hybridized carbons (Fsp3) is 0.462. The summed E-state index contributed by atoms with van der Waals surface area (Å²) in [5.41, 5.74) is 7.22. The van der Waals surface area contributed by atoms with Gasteiger partial charge in [-0.25, -0.2) is 0 Å². The fourth-order valence-electron chi connectivity index (χ4n) is 2.68. The zero-order valence-corrected chi connectivity index (χ0v) is 12.5. The summed E-state index contributed by atoms with van der Waals surface area (Å²) in [7, 11) is 0. The van der Waals surface area contributed by atoms with E-state index in [-0.39, 0.29) is 0 Å². The number of nitrogens with zero attached hydrogens (tertiary/aromatic N) is 2.